The minimum atomic E-state index is 0.00278. The van der Waals surface area contributed by atoms with Gasteiger partial charge in [-0.2, -0.15) is 15.0 Å². The summed E-state index contributed by atoms with van der Waals surface area (Å²) in [5, 5.41) is 0. The van der Waals surface area contributed by atoms with Crippen LogP contribution in [0, 0.1) is 0 Å². The molecule has 7 heteroatoms. The molecule has 19 heavy (non-hydrogen) atoms. The molecule has 0 bridgehead atoms. The lowest BCUT2D eigenvalue weighted by atomic mass is 10.5. The van der Waals surface area contributed by atoms with Crippen LogP contribution in [0.5, 0.6) is 6.01 Å². The second-order valence-corrected chi connectivity index (χ2v) is 4.86. The molecular weight excluding hydrogens is 246 g/mol. The van der Waals surface area contributed by atoms with Gasteiger partial charge in [0.25, 0.3) is 0 Å². The summed E-state index contributed by atoms with van der Waals surface area (Å²) in [7, 11) is 1.68. The van der Waals surface area contributed by atoms with E-state index in [1.165, 1.54) is 0 Å². The highest BCUT2D eigenvalue weighted by atomic mass is 16.5. The molecule has 0 aliphatic heterocycles. The standard InChI is InChI=1S/C12H21N5O2/c1-8(2)19-12-15-10(13)14-11(16-12)17(6-7-18-3)9-4-5-9/h8-9H,4-7H2,1-3H3,(H2,13,14,15,16). The molecule has 1 fully saturated rings. The quantitative estimate of drug-likeness (QED) is 0.783. The van der Waals surface area contributed by atoms with Crippen LogP contribution in [0.1, 0.15) is 26.7 Å². The first-order valence-corrected chi connectivity index (χ1v) is 6.54. The number of aromatic nitrogens is 3. The van der Waals surface area contributed by atoms with Crippen molar-refractivity contribution in [1.82, 2.24) is 15.0 Å². The van der Waals surface area contributed by atoms with Crippen LogP contribution in [-0.2, 0) is 4.74 Å². The van der Waals surface area contributed by atoms with Gasteiger partial charge in [0.15, 0.2) is 0 Å². The number of anilines is 2. The molecule has 1 aliphatic rings. The summed E-state index contributed by atoms with van der Waals surface area (Å²) in [6, 6.07) is 0.754. The predicted molar refractivity (Wildman–Crippen MR) is 72.2 cm³/mol. The highest BCUT2D eigenvalue weighted by Gasteiger charge is 2.31. The zero-order valence-corrected chi connectivity index (χ0v) is 11.7. The summed E-state index contributed by atoms with van der Waals surface area (Å²) in [5.41, 5.74) is 5.72. The van der Waals surface area contributed by atoms with E-state index in [4.69, 9.17) is 15.2 Å². The first-order valence-electron chi connectivity index (χ1n) is 6.54. The Hall–Kier alpha value is -1.63. The van der Waals surface area contributed by atoms with E-state index in [0.29, 0.717) is 18.6 Å². The number of nitrogen functional groups attached to an aromatic ring is 1. The summed E-state index contributed by atoms with van der Waals surface area (Å²) in [6.45, 7) is 5.21. The predicted octanol–water partition coefficient (Wildman–Crippen LogP) is 0.856. The molecule has 0 atom stereocenters. The normalized spacial score (nSPS) is 14.7. The Morgan fingerprint density at radius 3 is 2.63 bits per heavy atom. The molecule has 0 aromatic carbocycles. The van der Waals surface area contributed by atoms with E-state index in [2.05, 4.69) is 19.9 Å². The molecule has 2 N–H and O–H groups in total. The molecule has 7 nitrogen and oxygen atoms in total. The fraction of sp³-hybridized carbons (Fsp3) is 0.750. The molecule has 1 aliphatic carbocycles. The molecule has 0 radical (unpaired) electrons. The van der Waals surface area contributed by atoms with Crippen LogP contribution in [0.4, 0.5) is 11.9 Å². The summed E-state index contributed by atoms with van der Waals surface area (Å²) in [5.74, 6) is 0.756. The average molecular weight is 267 g/mol. The van der Waals surface area contributed by atoms with E-state index >= 15 is 0 Å². The Kier molecular flexibility index (Phi) is 4.36. The number of methoxy groups -OCH3 is 1. The molecule has 1 aromatic heterocycles. The Bertz CT molecular complexity index is 423. The van der Waals surface area contributed by atoms with Crippen molar-refractivity contribution in [2.75, 3.05) is 30.9 Å². The van der Waals surface area contributed by atoms with Crippen LogP contribution < -0.4 is 15.4 Å². The molecule has 0 spiro atoms. The lowest BCUT2D eigenvalue weighted by Crippen LogP contribution is -2.31. The minimum Gasteiger partial charge on any atom is -0.461 e. The highest BCUT2D eigenvalue weighted by Crippen LogP contribution is 2.30. The van der Waals surface area contributed by atoms with Gasteiger partial charge in [0.05, 0.1) is 12.7 Å². The van der Waals surface area contributed by atoms with Gasteiger partial charge in [0, 0.05) is 19.7 Å². The van der Waals surface area contributed by atoms with E-state index in [-0.39, 0.29) is 18.1 Å². The minimum absolute atomic E-state index is 0.00278. The topological polar surface area (TPSA) is 86.4 Å². The molecule has 0 amide bonds. The van der Waals surface area contributed by atoms with Gasteiger partial charge < -0.3 is 20.1 Å². The second kappa shape index (κ2) is 6.01. The van der Waals surface area contributed by atoms with E-state index in [1.54, 1.807) is 7.11 Å². The maximum atomic E-state index is 5.72. The fourth-order valence-corrected chi connectivity index (χ4v) is 1.77. The van der Waals surface area contributed by atoms with Gasteiger partial charge in [0.1, 0.15) is 0 Å². The summed E-state index contributed by atoms with van der Waals surface area (Å²) >= 11 is 0. The van der Waals surface area contributed by atoms with Gasteiger partial charge in [-0.05, 0) is 26.7 Å². The van der Waals surface area contributed by atoms with Crippen LogP contribution in [0.2, 0.25) is 0 Å². The van der Waals surface area contributed by atoms with E-state index in [1.807, 2.05) is 13.8 Å². The molecule has 1 aromatic rings. The van der Waals surface area contributed by atoms with Gasteiger partial charge in [0.2, 0.25) is 11.9 Å². The van der Waals surface area contributed by atoms with Crippen molar-refractivity contribution in [3.63, 3.8) is 0 Å². The zero-order valence-electron chi connectivity index (χ0n) is 11.7. The van der Waals surface area contributed by atoms with Crippen LogP contribution >= 0.6 is 0 Å². The summed E-state index contributed by atoms with van der Waals surface area (Å²) < 4.78 is 10.6. The number of ether oxygens (including phenoxy) is 2. The van der Waals surface area contributed by atoms with Crippen molar-refractivity contribution in [2.24, 2.45) is 0 Å². The monoisotopic (exact) mass is 267 g/mol. The molecule has 0 unspecified atom stereocenters. The van der Waals surface area contributed by atoms with E-state index < -0.39 is 0 Å². The SMILES string of the molecule is COCCN(c1nc(N)nc(OC(C)C)n1)C1CC1. The lowest BCUT2D eigenvalue weighted by molar-refractivity contribution is 0.204. The van der Waals surface area contributed by atoms with Crippen molar-refractivity contribution >= 4 is 11.9 Å². The fourth-order valence-electron chi connectivity index (χ4n) is 1.77. The third-order valence-corrected chi connectivity index (χ3v) is 2.74. The number of hydrogen-bond donors (Lipinski definition) is 1. The second-order valence-electron chi connectivity index (χ2n) is 4.86. The Morgan fingerprint density at radius 2 is 2.05 bits per heavy atom. The van der Waals surface area contributed by atoms with Crippen LogP contribution in [0.3, 0.4) is 0 Å². The van der Waals surface area contributed by atoms with Crippen molar-refractivity contribution in [3.8, 4) is 6.01 Å². The number of rotatable bonds is 7. The van der Waals surface area contributed by atoms with Gasteiger partial charge in [-0.25, -0.2) is 0 Å². The average Bonchev–Trinajstić information content (AvgIpc) is 3.12. The first kappa shape index (κ1) is 13.8. The van der Waals surface area contributed by atoms with Gasteiger partial charge in [-0.1, -0.05) is 0 Å². The number of hydrogen-bond acceptors (Lipinski definition) is 7. The molecular formula is C12H21N5O2. The van der Waals surface area contributed by atoms with Crippen LogP contribution in [0.15, 0.2) is 0 Å². The zero-order chi connectivity index (χ0) is 13.8. The molecule has 106 valence electrons. The van der Waals surface area contributed by atoms with Crippen LogP contribution in [0.25, 0.3) is 0 Å². The number of nitrogens with zero attached hydrogens (tertiary/aromatic N) is 4. The molecule has 1 heterocycles. The largest absolute Gasteiger partial charge is 0.461 e. The van der Waals surface area contributed by atoms with Crippen molar-refractivity contribution in [2.45, 2.75) is 38.8 Å². The van der Waals surface area contributed by atoms with Gasteiger partial charge in [-0.3, -0.25) is 0 Å². The maximum absolute atomic E-state index is 5.72. The Balaban J connectivity index is 2.18. The van der Waals surface area contributed by atoms with Crippen molar-refractivity contribution in [1.29, 1.82) is 0 Å². The van der Waals surface area contributed by atoms with E-state index in [0.717, 1.165) is 19.4 Å². The maximum Gasteiger partial charge on any atom is 0.323 e. The summed E-state index contributed by atoms with van der Waals surface area (Å²) in [6.07, 6.45) is 2.30. The summed E-state index contributed by atoms with van der Waals surface area (Å²) in [4.78, 5) is 14.6. The van der Waals surface area contributed by atoms with E-state index in [9.17, 15) is 0 Å². The van der Waals surface area contributed by atoms with Gasteiger partial charge in [-0.15, -0.1) is 0 Å². The van der Waals surface area contributed by atoms with Crippen molar-refractivity contribution in [3.05, 3.63) is 0 Å². The number of nitrogens with two attached hydrogens (primary N) is 1. The molecule has 2 rings (SSSR count). The molecule has 1 saturated carbocycles. The third kappa shape index (κ3) is 3.92. The lowest BCUT2D eigenvalue weighted by Gasteiger charge is -2.22. The molecule has 0 saturated heterocycles. The van der Waals surface area contributed by atoms with Gasteiger partial charge >= 0.3 is 6.01 Å². The van der Waals surface area contributed by atoms with Crippen LogP contribution in [-0.4, -0.2) is 47.4 Å². The Labute approximate surface area is 113 Å². The first-order chi connectivity index (χ1) is 9.10. The highest BCUT2D eigenvalue weighted by molar-refractivity contribution is 5.38. The smallest absolute Gasteiger partial charge is 0.323 e. The third-order valence-electron chi connectivity index (χ3n) is 2.74. The Morgan fingerprint density at radius 1 is 1.32 bits per heavy atom. The van der Waals surface area contributed by atoms with Crippen molar-refractivity contribution < 1.29 is 9.47 Å².